The van der Waals surface area contributed by atoms with E-state index in [0.29, 0.717) is 39.3 Å². The highest BCUT2D eigenvalue weighted by atomic mass is 16.5. The molecule has 0 bridgehead atoms. The number of carbonyl (C=O) groups is 3. The number of amides is 3. The SMILES string of the molecule is CC1CC(C(=O)O)CN(C(=O)NCCC(=O)N2CCOCC2)C1. The number of hydrogen-bond donors (Lipinski definition) is 2. The van der Waals surface area contributed by atoms with Gasteiger partial charge in [-0.3, -0.25) is 9.59 Å². The smallest absolute Gasteiger partial charge is 0.317 e. The molecule has 2 rings (SSSR count). The Kier molecular flexibility index (Phi) is 6.20. The number of ether oxygens (including phenoxy) is 1. The van der Waals surface area contributed by atoms with Crippen LogP contribution in [0.5, 0.6) is 0 Å². The number of urea groups is 1. The largest absolute Gasteiger partial charge is 0.481 e. The van der Waals surface area contributed by atoms with E-state index in [1.165, 1.54) is 4.90 Å². The number of carboxylic acids is 1. The van der Waals surface area contributed by atoms with Gasteiger partial charge >= 0.3 is 12.0 Å². The van der Waals surface area contributed by atoms with E-state index in [2.05, 4.69) is 5.32 Å². The van der Waals surface area contributed by atoms with Gasteiger partial charge in [-0.05, 0) is 12.3 Å². The molecule has 0 aromatic carbocycles. The van der Waals surface area contributed by atoms with Crippen molar-refractivity contribution in [3.63, 3.8) is 0 Å². The molecule has 0 saturated carbocycles. The molecule has 0 aromatic rings. The Morgan fingerprint density at radius 1 is 1.17 bits per heavy atom. The van der Waals surface area contributed by atoms with Crippen LogP contribution in [0.15, 0.2) is 0 Å². The van der Waals surface area contributed by atoms with Crippen LogP contribution in [0.2, 0.25) is 0 Å². The zero-order valence-electron chi connectivity index (χ0n) is 13.5. The molecule has 2 unspecified atom stereocenters. The standard InChI is InChI=1S/C15H25N3O5/c1-11-8-12(14(20)21)10-18(9-11)15(22)16-3-2-13(19)17-4-6-23-7-5-17/h11-12H,2-10H2,1H3,(H,16,22)(H,20,21). The van der Waals surface area contributed by atoms with E-state index in [0.717, 1.165) is 0 Å². The number of carbonyl (C=O) groups excluding carboxylic acids is 2. The molecule has 8 heteroatoms. The first kappa shape index (κ1) is 17.5. The predicted molar refractivity (Wildman–Crippen MR) is 81.9 cm³/mol. The summed E-state index contributed by atoms with van der Waals surface area (Å²) in [6, 6.07) is -0.294. The third-order valence-corrected chi connectivity index (χ3v) is 4.28. The summed E-state index contributed by atoms with van der Waals surface area (Å²) in [7, 11) is 0. The van der Waals surface area contributed by atoms with Crippen molar-refractivity contribution in [2.75, 3.05) is 45.9 Å². The lowest BCUT2D eigenvalue weighted by molar-refractivity contribution is -0.143. The van der Waals surface area contributed by atoms with Gasteiger partial charge in [0, 0.05) is 39.1 Å². The third kappa shape index (κ3) is 5.09. The van der Waals surface area contributed by atoms with Crippen LogP contribution in [-0.2, 0) is 14.3 Å². The first-order chi connectivity index (χ1) is 11.0. The fraction of sp³-hybridized carbons (Fsp3) is 0.800. The summed E-state index contributed by atoms with van der Waals surface area (Å²) < 4.78 is 5.19. The van der Waals surface area contributed by atoms with Crippen molar-refractivity contribution in [2.45, 2.75) is 19.8 Å². The van der Waals surface area contributed by atoms with Crippen molar-refractivity contribution in [1.82, 2.24) is 15.1 Å². The minimum absolute atomic E-state index is 0.00373. The summed E-state index contributed by atoms with van der Waals surface area (Å²) in [6.07, 6.45) is 0.839. The van der Waals surface area contributed by atoms with Crippen molar-refractivity contribution in [1.29, 1.82) is 0 Å². The minimum Gasteiger partial charge on any atom is -0.481 e. The van der Waals surface area contributed by atoms with Crippen LogP contribution in [0.3, 0.4) is 0 Å². The van der Waals surface area contributed by atoms with Gasteiger partial charge in [0.2, 0.25) is 5.91 Å². The summed E-state index contributed by atoms with van der Waals surface area (Å²) in [5.74, 6) is -1.22. The molecule has 2 heterocycles. The second-order valence-corrected chi connectivity index (χ2v) is 6.26. The highest BCUT2D eigenvalue weighted by molar-refractivity contribution is 5.79. The summed E-state index contributed by atoms with van der Waals surface area (Å²) in [5, 5.41) is 11.8. The van der Waals surface area contributed by atoms with Gasteiger partial charge in [-0.1, -0.05) is 6.92 Å². The van der Waals surface area contributed by atoms with Crippen molar-refractivity contribution in [2.24, 2.45) is 11.8 Å². The Hall–Kier alpha value is -1.83. The molecule has 0 aromatic heterocycles. The second kappa shape index (κ2) is 8.14. The number of aliphatic carboxylic acids is 1. The molecule has 2 saturated heterocycles. The highest BCUT2D eigenvalue weighted by Crippen LogP contribution is 2.21. The van der Waals surface area contributed by atoms with Crippen LogP contribution in [0.25, 0.3) is 0 Å². The first-order valence-electron chi connectivity index (χ1n) is 8.08. The number of piperidine rings is 1. The molecular formula is C15H25N3O5. The Morgan fingerprint density at radius 3 is 2.52 bits per heavy atom. The fourth-order valence-corrected chi connectivity index (χ4v) is 3.06. The monoisotopic (exact) mass is 327 g/mol. The van der Waals surface area contributed by atoms with E-state index in [-0.39, 0.29) is 37.4 Å². The molecule has 0 spiro atoms. The average Bonchev–Trinajstić information content (AvgIpc) is 2.54. The summed E-state index contributed by atoms with van der Waals surface area (Å²) in [5.41, 5.74) is 0. The van der Waals surface area contributed by atoms with E-state index < -0.39 is 11.9 Å². The van der Waals surface area contributed by atoms with Gasteiger partial charge in [0.15, 0.2) is 0 Å². The molecular weight excluding hydrogens is 302 g/mol. The van der Waals surface area contributed by atoms with Gasteiger partial charge in [0.1, 0.15) is 0 Å². The number of morpholine rings is 1. The molecule has 2 aliphatic rings. The Balaban J connectivity index is 1.73. The van der Waals surface area contributed by atoms with Gasteiger partial charge in [0.05, 0.1) is 19.1 Å². The first-order valence-corrected chi connectivity index (χ1v) is 8.08. The number of hydrogen-bond acceptors (Lipinski definition) is 4. The van der Waals surface area contributed by atoms with Crippen molar-refractivity contribution < 1.29 is 24.2 Å². The molecule has 0 radical (unpaired) electrons. The number of carboxylic acid groups (broad SMARTS) is 1. The normalized spacial score (nSPS) is 25.1. The van der Waals surface area contributed by atoms with Gasteiger partial charge in [-0.2, -0.15) is 0 Å². The summed E-state index contributed by atoms with van der Waals surface area (Å²) in [6.45, 7) is 5.28. The van der Waals surface area contributed by atoms with Crippen molar-refractivity contribution in [3.05, 3.63) is 0 Å². The van der Waals surface area contributed by atoms with Gasteiger partial charge in [-0.15, -0.1) is 0 Å². The summed E-state index contributed by atoms with van der Waals surface area (Å²) in [4.78, 5) is 38.5. The van der Waals surface area contributed by atoms with Crippen LogP contribution >= 0.6 is 0 Å². The number of nitrogens with zero attached hydrogens (tertiary/aromatic N) is 2. The van der Waals surface area contributed by atoms with E-state index in [1.807, 2.05) is 6.92 Å². The molecule has 2 N–H and O–H groups in total. The van der Waals surface area contributed by atoms with E-state index in [1.54, 1.807) is 4.90 Å². The molecule has 130 valence electrons. The van der Waals surface area contributed by atoms with Gasteiger partial charge in [0.25, 0.3) is 0 Å². The Labute approximate surface area is 135 Å². The molecule has 8 nitrogen and oxygen atoms in total. The maximum Gasteiger partial charge on any atom is 0.317 e. The van der Waals surface area contributed by atoms with Crippen molar-refractivity contribution >= 4 is 17.9 Å². The average molecular weight is 327 g/mol. The topological polar surface area (TPSA) is 99.2 Å². The van der Waals surface area contributed by atoms with E-state index in [9.17, 15) is 14.4 Å². The second-order valence-electron chi connectivity index (χ2n) is 6.26. The fourth-order valence-electron chi connectivity index (χ4n) is 3.06. The van der Waals surface area contributed by atoms with Crippen LogP contribution in [-0.4, -0.2) is 78.8 Å². The van der Waals surface area contributed by atoms with Crippen LogP contribution in [0, 0.1) is 11.8 Å². The van der Waals surface area contributed by atoms with Crippen LogP contribution < -0.4 is 5.32 Å². The maximum absolute atomic E-state index is 12.1. The van der Waals surface area contributed by atoms with Gasteiger partial charge in [-0.25, -0.2) is 4.79 Å². The zero-order valence-corrected chi connectivity index (χ0v) is 13.5. The Morgan fingerprint density at radius 2 is 1.87 bits per heavy atom. The highest BCUT2D eigenvalue weighted by Gasteiger charge is 2.31. The molecule has 23 heavy (non-hydrogen) atoms. The zero-order chi connectivity index (χ0) is 16.8. The van der Waals surface area contributed by atoms with Crippen molar-refractivity contribution in [3.8, 4) is 0 Å². The quantitative estimate of drug-likeness (QED) is 0.756. The lowest BCUT2D eigenvalue weighted by Crippen LogP contribution is -2.50. The maximum atomic E-state index is 12.1. The van der Waals surface area contributed by atoms with Gasteiger partial charge < -0.3 is 25.0 Å². The molecule has 2 atom stereocenters. The third-order valence-electron chi connectivity index (χ3n) is 4.28. The van der Waals surface area contributed by atoms with E-state index in [4.69, 9.17) is 9.84 Å². The number of nitrogens with one attached hydrogen (secondary N) is 1. The number of rotatable bonds is 4. The molecule has 2 aliphatic heterocycles. The van der Waals surface area contributed by atoms with E-state index >= 15 is 0 Å². The minimum atomic E-state index is -0.864. The predicted octanol–water partition coefficient (Wildman–Crippen LogP) is -0.0125. The number of likely N-dealkylation sites (tertiary alicyclic amines) is 1. The van der Waals surface area contributed by atoms with Crippen LogP contribution in [0.4, 0.5) is 4.79 Å². The van der Waals surface area contributed by atoms with Crippen LogP contribution in [0.1, 0.15) is 19.8 Å². The lowest BCUT2D eigenvalue weighted by atomic mass is 9.91. The lowest BCUT2D eigenvalue weighted by Gasteiger charge is -2.34. The Bertz CT molecular complexity index is 450. The molecule has 0 aliphatic carbocycles. The summed E-state index contributed by atoms with van der Waals surface area (Å²) >= 11 is 0. The molecule has 2 fully saturated rings. The molecule has 3 amide bonds.